The van der Waals surface area contributed by atoms with Crippen LogP contribution in [0.4, 0.5) is 10.1 Å². The minimum Gasteiger partial charge on any atom is -0.376 e. The van der Waals surface area contributed by atoms with Gasteiger partial charge in [0.2, 0.25) is 5.91 Å². The van der Waals surface area contributed by atoms with Crippen molar-refractivity contribution < 1.29 is 9.18 Å². The summed E-state index contributed by atoms with van der Waals surface area (Å²) in [6.07, 6.45) is 2.00. The third-order valence-corrected chi connectivity index (χ3v) is 2.84. The van der Waals surface area contributed by atoms with Crippen molar-refractivity contribution >= 4 is 11.6 Å². The predicted octanol–water partition coefficient (Wildman–Crippen LogP) is 2.85. The second kappa shape index (κ2) is 6.99. The van der Waals surface area contributed by atoms with Crippen LogP contribution in [0.3, 0.4) is 0 Å². The highest BCUT2D eigenvalue weighted by Gasteiger charge is 2.08. The van der Waals surface area contributed by atoms with Crippen LogP contribution >= 0.6 is 0 Å². The molecule has 1 amide bonds. The molecule has 0 aromatic heterocycles. The van der Waals surface area contributed by atoms with E-state index < -0.39 is 0 Å². The molecule has 0 fully saturated rings. The molecule has 0 bridgehead atoms. The molecule has 2 N–H and O–H groups in total. The molecule has 1 aromatic carbocycles. The summed E-state index contributed by atoms with van der Waals surface area (Å²) >= 11 is 0. The van der Waals surface area contributed by atoms with Crippen LogP contribution in [0.25, 0.3) is 0 Å². The minimum atomic E-state index is -0.264. The van der Waals surface area contributed by atoms with Crippen LogP contribution < -0.4 is 10.6 Å². The number of nitrogens with one attached hydrogen (secondary N) is 2. The van der Waals surface area contributed by atoms with Crippen LogP contribution in [0.1, 0.15) is 32.3 Å². The largest absolute Gasteiger partial charge is 0.376 e. The Morgan fingerprint density at radius 1 is 1.44 bits per heavy atom. The maximum Gasteiger partial charge on any atom is 0.239 e. The molecule has 0 radical (unpaired) electrons. The molecule has 3 nitrogen and oxygen atoms in total. The maximum atomic E-state index is 13.3. The topological polar surface area (TPSA) is 41.1 Å². The summed E-state index contributed by atoms with van der Waals surface area (Å²) in [6, 6.07) is 4.98. The summed E-state index contributed by atoms with van der Waals surface area (Å²) in [4.78, 5) is 11.6. The first-order valence-corrected chi connectivity index (χ1v) is 6.33. The number of halogens is 1. The number of carbonyl (C=O) groups is 1. The van der Waals surface area contributed by atoms with Gasteiger partial charge in [0.25, 0.3) is 0 Å². The quantitative estimate of drug-likeness (QED) is 0.817. The van der Waals surface area contributed by atoms with Gasteiger partial charge < -0.3 is 10.6 Å². The molecular weight excluding hydrogens is 231 g/mol. The highest BCUT2D eigenvalue weighted by atomic mass is 19.1. The third-order valence-electron chi connectivity index (χ3n) is 2.84. The molecule has 0 aliphatic rings. The van der Waals surface area contributed by atoms with Gasteiger partial charge in [-0.15, -0.1) is 0 Å². The van der Waals surface area contributed by atoms with E-state index in [4.69, 9.17) is 0 Å². The van der Waals surface area contributed by atoms with Crippen LogP contribution in [-0.2, 0) is 4.79 Å². The van der Waals surface area contributed by atoms with Crippen LogP contribution in [0.2, 0.25) is 0 Å². The Bertz CT molecular complexity index is 407. The molecule has 0 heterocycles. The lowest BCUT2D eigenvalue weighted by Crippen LogP contribution is -2.36. The van der Waals surface area contributed by atoms with E-state index >= 15 is 0 Å². The van der Waals surface area contributed by atoms with Gasteiger partial charge in [-0.05, 0) is 32.4 Å². The van der Waals surface area contributed by atoms with Gasteiger partial charge in [-0.1, -0.05) is 19.4 Å². The van der Waals surface area contributed by atoms with Gasteiger partial charge in [-0.25, -0.2) is 4.39 Å². The van der Waals surface area contributed by atoms with Crippen molar-refractivity contribution in [2.45, 2.75) is 39.7 Å². The maximum absolute atomic E-state index is 13.3. The lowest BCUT2D eigenvalue weighted by molar-refractivity contribution is -0.120. The summed E-state index contributed by atoms with van der Waals surface area (Å²) in [5.74, 6) is -0.334. The zero-order chi connectivity index (χ0) is 13.5. The van der Waals surface area contributed by atoms with Crippen LogP contribution in [-0.4, -0.2) is 18.5 Å². The molecule has 4 heteroatoms. The summed E-state index contributed by atoms with van der Waals surface area (Å²) in [6.45, 7) is 5.92. The van der Waals surface area contributed by atoms with E-state index in [1.807, 2.05) is 6.92 Å². The summed E-state index contributed by atoms with van der Waals surface area (Å²) in [5.41, 5.74) is 1.19. The average Bonchev–Trinajstić information content (AvgIpc) is 2.31. The van der Waals surface area contributed by atoms with E-state index in [0.29, 0.717) is 11.3 Å². The van der Waals surface area contributed by atoms with Crippen molar-refractivity contribution in [2.24, 2.45) is 0 Å². The smallest absolute Gasteiger partial charge is 0.239 e. The van der Waals surface area contributed by atoms with Gasteiger partial charge >= 0.3 is 0 Å². The molecule has 0 spiro atoms. The molecule has 1 rings (SSSR count). The molecule has 1 unspecified atom stereocenters. The lowest BCUT2D eigenvalue weighted by atomic mass is 10.2. The predicted molar refractivity (Wildman–Crippen MR) is 72.1 cm³/mol. The van der Waals surface area contributed by atoms with Crippen LogP contribution in [0.5, 0.6) is 0 Å². The Morgan fingerprint density at radius 2 is 2.17 bits per heavy atom. The fourth-order valence-electron chi connectivity index (χ4n) is 1.81. The number of benzene rings is 1. The third kappa shape index (κ3) is 4.35. The second-order valence-corrected chi connectivity index (χ2v) is 4.52. The molecule has 0 saturated carbocycles. The van der Waals surface area contributed by atoms with Gasteiger partial charge in [0.15, 0.2) is 0 Å². The highest BCUT2D eigenvalue weighted by Crippen LogP contribution is 2.16. The fourth-order valence-corrected chi connectivity index (χ4v) is 1.81. The number of hydrogen-bond donors (Lipinski definition) is 2. The molecule has 1 atom stereocenters. The molecular formula is C14H21FN2O. The van der Waals surface area contributed by atoms with Crippen molar-refractivity contribution in [3.8, 4) is 0 Å². The summed E-state index contributed by atoms with van der Waals surface area (Å²) in [7, 11) is 0. The first kappa shape index (κ1) is 14.5. The standard InChI is InChI=1S/C14H21FN2O/c1-4-6-10(2)17-14(18)9-16-13-8-5-7-12(15)11(13)3/h5,7-8,10,16H,4,6,9H2,1-3H3,(H,17,18). The minimum absolute atomic E-state index is 0.0698. The molecule has 0 saturated heterocycles. The second-order valence-electron chi connectivity index (χ2n) is 4.52. The number of hydrogen-bond acceptors (Lipinski definition) is 2. The monoisotopic (exact) mass is 252 g/mol. The van der Waals surface area contributed by atoms with E-state index in [0.717, 1.165) is 12.8 Å². The summed E-state index contributed by atoms with van der Waals surface area (Å²) < 4.78 is 13.3. The van der Waals surface area contributed by atoms with Gasteiger partial charge in [-0.2, -0.15) is 0 Å². The van der Waals surface area contributed by atoms with Crippen molar-refractivity contribution in [2.75, 3.05) is 11.9 Å². The zero-order valence-electron chi connectivity index (χ0n) is 11.2. The van der Waals surface area contributed by atoms with Crippen molar-refractivity contribution in [1.29, 1.82) is 0 Å². The fraction of sp³-hybridized carbons (Fsp3) is 0.500. The molecule has 100 valence electrons. The van der Waals surface area contributed by atoms with Crippen LogP contribution in [0, 0.1) is 12.7 Å². The van der Waals surface area contributed by atoms with Gasteiger partial charge in [0.05, 0.1) is 6.54 Å². The highest BCUT2D eigenvalue weighted by molar-refractivity contribution is 5.81. The normalized spacial score (nSPS) is 12.0. The van der Waals surface area contributed by atoms with Gasteiger partial charge in [0, 0.05) is 17.3 Å². The molecule has 18 heavy (non-hydrogen) atoms. The summed E-state index contributed by atoms with van der Waals surface area (Å²) in [5, 5.41) is 5.84. The van der Waals surface area contributed by atoms with Crippen molar-refractivity contribution in [1.82, 2.24) is 5.32 Å². The molecule has 1 aromatic rings. The first-order chi connectivity index (χ1) is 8.54. The van der Waals surface area contributed by atoms with Crippen molar-refractivity contribution in [3.63, 3.8) is 0 Å². The lowest BCUT2D eigenvalue weighted by Gasteiger charge is -2.14. The molecule has 0 aliphatic heterocycles. The van der Waals surface area contributed by atoms with E-state index in [1.54, 1.807) is 19.1 Å². The van der Waals surface area contributed by atoms with Gasteiger partial charge in [-0.3, -0.25) is 4.79 Å². The number of amides is 1. The Hall–Kier alpha value is -1.58. The van der Waals surface area contributed by atoms with E-state index in [-0.39, 0.29) is 24.3 Å². The average molecular weight is 252 g/mol. The Kier molecular flexibility index (Phi) is 5.62. The van der Waals surface area contributed by atoms with Gasteiger partial charge in [0.1, 0.15) is 5.82 Å². The SMILES string of the molecule is CCCC(C)NC(=O)CNc1cccc(F)c1C. The Morgan fingerprint density at radius 3 is 2.83 bits per heavy atom. The number of anilines is 1. The first-order valence-electron chi connectivity index (χ1n) is 6.33. The van der Waals surface area contributed by atoms with Crippen molar-refractivity contribution in [3.05, 3.63) is 29.6 Å². The number of rotatable bonds is 6. The number of carbonyl (C=O) groups excluding carboxylic acids is 1. The molecule has 0 aliphatic carbocycles. The van der Waals surface area contributed by atoms with E-state index in [9.17, 15) is 9.18 Å². The Labute approximate surface area is 108 Å². The van der Waals surface area contributed by atoms with E-state index in [2.05, 4.69) is 17.6 Å². The van der Waals surface area contributed by atoms with Crippen LogP contribution in [0.15, 0.2) is 18.2 Å². The Balaban J connectivity index is 2.45. The zero-order valence-corrected chi connectivity index (χ0v) is 11.2. The van der Waals surface area contributed by atoms with E-state index in [1.165, 1.54) is 6.07 Å².